The lowest BCUT2D eigenvalue weighted by Crippen LogP contribution is -2.23. The van der Waals surface area contributed by atoms with Gasteiger partial charge < -0.3 is 4.98 Å². The molecule has 0 unspecified atom stereocenters. The summed E-state index contributed by atoms with van der Waals surface area (Å²) in [5.74, 6) is 0.651. The first-order chi connectivity index (χ1) is 15.8. The van der Waals surface area contributed by atoms with Gasteiger partial charge in [0, 0.05) is 12.6 Å². The van der Waals surface area contributed by atoms with E-state index >= 15 is 0 Å². The molecule has 5 rings (SSSR count). The van der Waals surface area contributed by atoms with Gasteiger partial charge in [-0.05, 0) is 37.3 Å². The fourth-order valence-corrected chi connectivity index (χ4v) is 4.91. The lowest BCUT2D eigenvalue weighted by atomic mass is 10.2. The molecule has 9 heteroatoms. The molecular weight excluding hydrogens is 438 g/mol. The van der Waals surface area contributed by atoms with Crippen LogP contribution >= 0.6 is 0 Å². The van der Waals surface area contributed by atoms with Crippen LogP contribution in [0.5, 0.6) is 0 Å². The van der Waals surface area contributed by atoms with Crippen LogP contribution in [-0.2, 0) is 17.1 Å². The van der Waals surface area contributed by atoms with Crippen molar-refractivity contribution in [1.29, 1.82) is 0 Å². The first-order valence-electron chi connectivity index (χ1n) is 10.3. The van der Waals surface area contributed by atoms with E-state index in [9.17, 15) is 13.2 Å². The van der Waals surface area contributed by atoms with Crippen LogP contribution in [0.3, 0.4) is 0 Å². The zero-order chi connectivity index (χ0) is 23.2. The van der Waals surface area contributed by atoms with Crippen LogP contribution in [0.4, 0.5) is 5.69 Å². The Bertz CT molecular complexity index is 1630. The average Bonchev–Trinajstić information content (AvgIpc) is 3.34. The van der Waals surface area contributed by atoms with Gasteiger partial charge >= 0.3 is 0 Å². The van der Waals surface area contributed by atoms with Gasteiger partial charge in [-0.15, -0.1) is 0 Å². The summed E-state index contributed by atoms with van der Waals surface area (Å²) in [5.41, 5.74) is 2.85. The molecule has 3 aromatic carbocycles. The minimum absolute atomic E-state index is 0.0102. The predicted molar refractivity (Wildman–Crippen MR) is 128 cm³/mol. The van der Waals surface area contributed by atoms with Crippen molar-refractivity contribution in [2.45, 2.75) is 11.8 Å². The van der Waals surface area contributed by atoms with Crippen LogP contribution in [0.15, 0.2) is 88.6 Å². The van der Waals surface area contributed by atoms with Crippen molar-refractivity contribution in [3.05, 3.63) is 94.9 Å². The highest BCUT2D eigenvalue weighted by Crippen LogP contribution is 2.24. The van der Waals surface area contributed by atoms with Crippen molar-refractivity contribution in [3.8, 4) is 17.1 Å². The van der Waals surface area contributed by atoms with Crippen molar-refractivity contribution in [1.82, 2.24) is 19.3 Å². The first kappa shape index (κ1) is 20.8. The molecule has 0 saturated heterocycles. The van der Waals surface area contributed by atoms with E-state index in [1.165, 1.54) is 16.8 Å². The third kappa shape index (κ3) is 3.62. The summed E-state index contributed by atoms with van der Waals surface area (Å²) in [7, 11) is -2.30. The van der Waals surface area contributed by atoms with Crippen LogP contribution < -0.4 is 10.3 Å². The second-order valence-electron chi connectivity index (χ2n) is 7.67. The molecule has 0 aliphatic heterocycles. The predicted octanol–water partition coefficient (Wildman–Crippen LogP) is 3.83. The number of nitrogens with one attached hydrogen (secondary N) is 2. The fraction of sp³-hybridized carbons (Fsp3) is 0.0833. The Kier molecular flexibility index (Phi) is 4.90. The Morgan fingerprint density at radius 3 is 2.30 bits per heavy atom. The highest BCUT2D eigenvalue weighted by atomic mass is 32.2. The molecule has 0 radical (unpaired) electrons. The third-order valence-corrected chi connectivity index (χ3v) is 6.95. The third-order valence-electron chi connectivity index (χ3n) is 5.60. The van der Waals surface area contributed by atoms with Gasteiger partial charge in [0.15, 0.2) is 0 Å². The van der Waals surface area contributed by atoms with Crippen molar-refractivity contribution < 1.29 is 8.42 Å². The highest BCUT2D eigenvalue weighted by Gasteiger charge is 2.23. The van der Waals surface area contributed by atoms with Crippen LogP contribution in [0, 0.1) is 6.92 Å². The number of aromatic amines is 1. The maximum Gasteiger partial charge on any atom is 0.296 e. The number of hydrogen-bond donors (Lipinski definition) is 2. The first-order valence-corrected chi connectivity index (χ1v) is 11.8. The number of H-pyrrole nitrogens is 1. The Labute approximate surface area is 190 Å². The van der Waals surface area contributed by atoms with Crippen LogP contribution in [0.25, 0.3) is 28.1 Å². The molecule has 5 aromatic rings. The van der Waals surface area contributed by atoms with E-state index in [1.807, 2.05) is 48.5 Å². The van der Waals surface area contributed by atoms with Crippen LogP contribution in [0.2, 0.25) is 0 Å². The number of benzene rings is 3. The number of hydrogen-bond acceptors (Lipinski definition) is 4. The zero-order valence-corrected chi connectivity index (χ0v) is 18.8. The van der Waals surface area contributed by atoms with E-state index in [-0.39, 0.29) is 10.6 Å². The second-order valence-corrected chi connectivity index (χ2v) is 9.35. The number of aromatic nitrogens is 4. The number of anilines is 1. The molecular formula is C24H21N5O3S. The molecule has 0 fully saturated rings. The summed E-state index contributed by atoms with van der Waals surface area (Å²) in [6, 6.07) is 23.3. The van der Waals surface area contributed by atoms with Gasteiger partial charge in [-0.2, -0.15) is 0 Å². The Morgan fingerprint density at radius 2 is 1.61 bits per heavy atom. The molecule has 0 amide bonds. The summed E-state index contributed by atoms with van der Waals surface area (Å²) in [6.07, 6.45) is 0. The van der Waals surface area contributed by atoms with Crippen molar-refractivity contribution in [2.75, 3.05) is 4.72 Å². The van der Waals surface area contributed by atoms with Crippen LogP contribution in [-0.4, -0.2) is 27.7 Å². The van der Waals surface area contributed by atoms with E-state index in [1.54, 1.807) is 36.9 Å². The normalized spacial score (nSPS) is 11.7. The number of para-hydroxylation sites is 1. The molecule has 0 aliphatic carbocycles. The molecule has 8 nitrogen and oxygen atoms in total. The van der Waals surface area contributed by atoms with Crippen molar-refractivity contribution in [2.24, 2.45) is 7.05 Å². The molecule has 0 saturated carbocycles. The quantitative estimate of drug-likeness (QED) is 0.417. The summed E-state index contributed by atoms with van der Waals surface area (Å²) < 4.78 is 31.9. The smallest absolute Gasteiger partial charge is 0.296 e. The minimum Gasteiger partial charge on any atom is -0.338 e. The lowest BCUT2D eigenvalue weighted by Gasteiger charge is -2.07. The molecule has 0 spiro atoms. The summed E-state index contributed by atoms with van der Waals surface area (Å²) >= 11 is 0. The fourth-order valence-electron chi connectivity index (χ4n) is 3.77. The Balaban J connectivity index is 1.53. The van der Waals surface area contributed by atoms with E-state index in [2.05, 4.69) is 14.7 Å². The van der Waals surface area contributed by atoms with Gasteiger partial charge in [-0.25, -0.2) is 18.1 Å². The van der Waals surface area contributed by atoms with Crippen LogP contribution in [0.1, 0.15) is 5.69 Å². The molecule has 33 heavy (non-hydrogen) atoms. The molecule has 0 atom stereocenters. The zero-order valence-electron chi connectivity index (χ0n) is 18.0. The van der Waals surface area contributed by atoms with E-state index in [0.717, 1.165) is 5.56 Å². The van der Waals surface area contributed by atoms with E-state index in [0.29, 0.717) is 28.2 Å². The number of fused-ring (bicyclic) bond motifs is 1. The number of imidazole rings is 1. The van der Waals surface area contributed by atoms with Crippen molar-refractivity contribution >= 4 is 26.7 Å². The second kappa shape index (κ2) is 7.79. The largest absolute Gasteiger partial charge is 0.338 e. The topological polar surface area (TPSA) is 102 Å². The molecule has 2 heterocycles. The van der Waals surface area contributed by atoms with Gasteiger partial charge in [-0.3, -0.25) is 14.2 Å². The average molecular weight is 460 g/mol. The maximum atomic E-state index is 13.2. The van der Waals surface area contributed by atoms with E-state index < -0.39 is 15.6 Å². The Morgan fingerprint density at radius 1 is 0.939 bits per heavy atom. The lowest BCUT2D eigenvalue weighted by molar-refractivity contribution is 0.601. The van der Waals surface area contributed by atoms with Gasteiger partial charge in [0.05, 0.1) is 27.3 Å². The summed E-state index contributed by atoms with van der Waals surface area (Å²) in [5, 5.41) is 0. The standard InChI is InChI=1S/C24H21N5O3S/c1-16-22(24(30)29(28(16)2)18-11-7-4-8-12-18)27-33(31,32)19-13-14-20-21(15-19)26-23(25-20)17-9-5-3-6-10-17/h3-15,27H,1-2H3,(H,25,26). The van der Waals surface area contributed by atoms with Gasteiger partial charge in [0.1, 0.15) is 11.5 Å². The number of rotatable bonds is 5. The minimum atomic E-state index is -4.02. The molecule has 0 bridgehead atoms. The molecule has 2 N–H and O–H groups in total. The van der Waals surface area contributed by atoms with Crippen molar-refractivity contribution in [3.63, 3.8) is 0 Å². The summed E-state index contributed by atoms with van der Waals surface area (Å²) in [4.78, 5) is 20.8. The van der Waals surface area contributed by atoms with E-state index in [4.69, 9.17) is 0 Å². The maximum absolute atomic E-state index is 13.2. The van der Waals surface area contributed by atoms with Gasteiger partial charge in [0.2, 0.25) is 0 Å². The SMILES string of the molecule is Cc1c(NS(=O)(=O)c2ccc3nc(-c4ccccc4)[nH]c3c2)c(=O)n(-c2ccccc2)n1C. The number of nitrogens with zero attached hydrogens (tertiary/aromatic N) is 3. The van der Waals surface area contributed by atoms with Gasteiger partial charge in [0.25, 0.3) is 15.6 Å². The molecule has 166 valence electrons. The monoisotopic (exact) mass is 459 g/mol. The molecule has 0 aliphatic rings. The summed E-state index contributed by atoms with van der Waals surface area (Å²) in [6.45, 7) is 1.70. The highest BCUT2D eigenvalue weighted by molar-refractivity contribution is 7.92. The molecule has 2 aromatic heterocycles. The van der Waals surface area contributed by atoms with Gasteiger partial charge in [-0.1, -0.05) is 48.5 Å². The number of sulfonamides is 1. The Hall–Kier alpha value is -4.11.